The lowest BCUT2D eigenvalue weighted by molar-refractivity contribution is 0.556. The van der Waals surface area contributed by atoms with Gasteiger partial charge in [0.05, 0.1) is 17.9 Å². The van der Waals surface area contributed by atoms with Crippen LogP contribution >= 0.6 is 0 Å². The molecule has 0 saturated heterocycles. The molecule has 0 aliphatic carbocycles. The van der Waals surface area contributed by atoms with Crippen molar-refractivity contribution in [2.45, 2.75) is 39.3 Å². The normalized spacial score (nSPS) is 11.7. The molecule has 27 heavy (non-hydrogen) atoms. The van der Waals surface area contributed by atoms with Crippen molar-refractivity contribution in [3.05, 3.63) is 41.2 Å². The fraction of sp³-hybridized carbons (Fsp3) is 0.368. The fourth-order valence-corrected chi connectivity index (χ4v) is 2.97. The van der Waals surface area contributed by atoms with Gasteiger partial charge in [-0.15, -0.1) is 0 Å². The zero-order valence-electron chi connectivity index (χ0n) is 16.2. The molecule has 8 heteroatoms. The van der Waals surface area contributed by atoms with Gasteiger partial charge >= 0.3 is 0 Å². The average Bonchev–Trinajstić information content (AvgIpc) is 2.60. The minimum absolute atomic E-state index is 0.0950. The van der Waals surface area contributed by atoms with Crippen molar-refractivity contribution < 1.29 is 0 Å². The Balaban J connectivity index is 2.08. The molecule has 3 aromatic rings. The summed E-state index contributed by atoms with van der Waals surface area (Å²) in [4.78, 5) is 19.8. The summed E-state index contributed by atoms with van der Waals surface area (Å²) in [7, 11) is 2.01. The second-order valence-electron chi connectivity index (χ2n) is 7.64. The summed E-state index contributed by atoms with van der Waals surface area (Å²) in [5, 5.41) is 0. The Morgan fingerprint density at radius 3 is 2.44 bits per heavy atom. The Hall–Kier alpha value is -3.00. The Labute approximate surface area is 158 Å². The topological polar surface area (TPSA) is 133 Å². The lowest BCUT2D eigenvalue weighted by Crippen LogP contribution is -2.24. The lowest BCUT2D eigenvalue weighted by atomic mass is 9.90. The van der Waals surface area contributed by atoms with Crippen LogP contribution in [0.5, 0.6) is 0 Å². The van der Waals surface area contributed by atoms with Gasteiger partial charge < -0.3 is 22.1 Å². The van der Waals surface area contributed by atoms with Gasteiger partial charge in [-0.1, -0.05) is 32.9 Å². The number of nitrogen functional groups attached to an aromatic ring is 2. The number of nitrogens with two attached hydrogens (primary N) is 3. The third-order valence-electron chi connectivity index (χ3n) is 4.33. The van der Waals surface area contributed by atoms with E-state index in [0.29, 0.717) is 24.3 Å². The summed E-state index contributed by atoms with van der Waals surface area (Å²) in [6.07, 6.45) is 0. The molecule has 2 heterocycles. The van der Waals surface area contributed by atoms with Crippen LogP contribution < -0.4 is 22.1 Å². The highest BCUT2D eigenvalue weighted by Crippen LogP contribution is 2.28. The number of aromatic nitrogens is 4. The standard InChI is InChI=1S/C19H26N8/c1-19(2,3)15-13(10-27(4)12-7-5-6-11(8-12)9-20)23-14-16(21)25-18(22)26-17(14)24-15/h5-8H,9-10,20H2,1-4H3,(H4,21,22,24,25,26). The predicted molar refractivity (Wildman–Crippen MR) is 109 cm³/mol. The van der Waals surface area contributed by atoms with Crippen molar-refractivity contribution in [2.75, 3.05) is 23.4 Å². The number of benzene rings is 1. The molecule has 0 bridgehead atoms. The molecule has 0 spiro atoms. The van der Waals surface area contributed by atoms with E-state index < -0.39 is 0 Å². The van der Waals surface area contributed by atoms with Crippen LogP contribution in [0.1, 0.15) is 37.7 Å². The molecule has 0 saturated carbocycles. The van der Waals surface area contributed by atoms with Gasteiger partial charge in [-0.2, -0.15) is 9.97 Å². The first kappa shape index (κ1) is 18.8. The first-order valence-corrected chi connectivity index (χ1v) is 8.79. The second-order valence-corrected chi connectivity index (χ2v) is 7.64. The van der Waals surface area contributed by atoms with Crippen molar-refractivity contribution >= 4 is 28.6 Å². The number of nitrogens with zero attached hydrogens (tertiary/aromatic N) is 5. The number of anilines is 3. The first-order chi connectivity index (χ1) is 12.7. The van der Waals surface area contributed by atoms with Crippen molar-refractivity contribution in [3.8, 4) is 0 Å². The Morgan fingerprint density at radius 2 is 1.78 bits per heavy atom. The molecular weight excluding hydrogens is 340 g/mol. The molecule has 3 rings (SSSR count). The van der Waals surface area contributed by atoms with Crippen LogP contribution in [0.2, 0.25) is 0 Å². The van der Waals surface area contributed by atoms with E-state index in [4.69, 9.17) is 27.2 Å². The highest BCUT2D eigenvalue weighted by atomic mass is 15.1. The van der Waals surface area contributed by atoms with Gasteiger partial charge in [0.15, 0.2) is 17.0 Å². The Bertz CT molecular complexity index is 977. The van der Waals surface area contributed by atoms with Gasteiger partial charge in [-0.05, 0) is 17.7 Å². The average molecular weight is 366 g/mol. The molecule has 6 N–H and O–H groups in total. The maximum atomic E-state index is 6.00. The van der Waals surface area contributed by atoms with Gasteiger partial charge in [0.25, 0.3) is 0 Å². The van der Waals surface area contributed by atoms with E-state index in [1.54, 1.807) is 0 Å². The van der Waals surface area contributed by atoms with E-state index in [-0.39, 0.29) is 17.2 Å². The highest BCUT2D eigenvalue weighted by molar-refractivity contribution is 5.82. The molecule has 0 fully saturated rings. The summed E-state index contributed by atoms with van der Waals surface area (Å²) in [5.74, 6) is 0.331. The molecule has 0 radical (unpaired) electrons. The third kappa shape index (κ3) is 3.90. The Morgan fingerprint density at radius 1 is 1.04 bits per heavy atom. The number of rotatable bonds is 4. The molecule has 0 aliphatic rings. The summed E-state index contributed by atoms with van der Waals surface area (Å²) in [5.41, 5.74) is 22.0. The Kier molecular flexibility index (Phi) is 4.84. The van der Waals surface area contributed by atoms with Gasteiger partial charge in [0, 0.05) is 24.7 Å². The zero-order chi connectivity index (χ0) is 19.8. The van der Waals surface area contributed by atoms with Gasteiger partial charge in [-0.3, -0.25) is 0 Å². The predicted octanol–water partition coefficient (Wildman–Crippen LogP) is 1.98. The largest absolute Gasteiger partial charge is 0.382 e. The van der Waals surface area contributed by atoms with E-state index in [2.05, 4.69) is 41.7 Å². The van der Waals surface area contributed by atoms with Crippen molar-refractivity contribution in [1.29, 1.82) is 0 Å². The van der Waals surface area contributed by atoms with Crippen LogP contribution in [-0.2, 0) is 18.5 Å². The van der Waals surface area contributed by atoms with Gasteiger partial charge in [0.2, 0.25) is 5.95 Å². The van der Waals surface area contributed by atoms with E-state index in [1.165, 1.54) is 0 Å². The molecule has 2 aromatic heterocycles. The molecule has 0 unspecified atom stereocenters. The smallest absolute Gasteiger partial charge is 0.224 e. The van der Waals surface area contributed by atoms with E-state index >= 15 is 0 Å². The van der Waals surface area contributed by atoms with Gasteiger partial charge in [0.1, 0.15) is 0 Å². The van der Waals surface area contributed by atoms with E-state index in [0.717, 1.165) is 22.6 Å². The van der Waals surface area contributed by atoms with Crippen LogP contribution in [0.3, 0.4) is 0 Å². The van der Waals surface area contributed by atoms with Crippen LogP contribution in [0.15, 0.2) is 24.3 Å². The summed E-state index contributed by atoms with van der Waals surface area (Å²) >= 11 is 0. The summed E-state index contributed by atoms with van der Waals surface area (Å²) < 4.78 is 0. The minimum Gasteiger partial charge on any atom is -0.382 e. The quantitative estimate of drug-likeness (QED) is 0.638. The third-order valence-corrected chi connectivity index (χ3v) is 4.33. The molecule has 1 aromatic carbocycles. The van der Waals surface area contributed by atoms with Crippen LogP contribution in [0, 0.1) is 0 Å². The van der Waals surface area contributed by atoms with Crippen molar-refractivity contribution in [3.63, 3.8) is 0 Å². The number of fused-ring (bicyclic) bond motifs is 1. The lowest BCUT2D eigenvalue weighted by Gasteiger charge is -2.25. The van der Waals surface area contributed by atoms with Gasteiger partial charge in [-0.25, -0.2) is 9.97 Å². The van der Waals surface area contributed by atoms with Crippen LogP contribution in [-0.4, -0.2) is 27.0 Å². The van der Waals surface area contributed by atoms with E-state index in [9.17, 15) is 0 Å². The van der Waals surface area contributed by atoms with Crippen LogP contribution in [0.4, 0.5) is 17.5 Å². The van der Waals surface area contributed by atoms with Crippen LogP contribution in [0.25, 0.3) is 11.2 Å². The number of hydrogen-bond acceptors (Lipinski definition) is 8. The summed E-state index contributed by atoms with van der Waals surface area (Å²) in [6, 6.07) is 8.13. The van der Waals surface area contributed by atoms with Crippen molar-refractivity contribution in [1.82, 2.24) is 19.9 Å². The molecule has 142 valence electrons. The first-order valence-electron chi connectivity index (χ1n) is 8.79. The van der Waals surface area contributed by atoms with Crippen molar-refractivity contribution in [2.24, 2.45) is 5.73 Å². The zero-order valence-corrected chi connectivity index (χ0v) is 16.2. The number of hydrogen-bond donors (Lipinski definition) is 3. The monoisotopic (exact) mass is 366 g/mol. The second kappa shape index (κ2) is 6.96. The molecule has 8 nitrogen and oxygen atoms in total. The van der Waals surface area contributed by atoms with E-state index in [1.807, 2.05) is 25.2 Å². The SMILES string of the molecule is CN(Cc1nc2c(N)nc(N)nc2nc1C(C)(C)C)c1cccc(CN)c1. The highest BCUT2D eigenvalue weighted by Gasteiger charge is 2.24. The molecule has 0 amide bonds. The maximum Gasteiger partial charge on any atom is 0.224 e. The minimum atomic E-state index is -0.217. The maximum absolute atomic E-state index is 6.00. The molecule has 0 atom stereocenters. The molecular formula is C19H26N8. The fourth-order valence-electron chi connectivity index (χ4n) is 2.97. The molecule has 0 aliphatic heterocycles. The summed E-state index contributed by atoms with van der Waals surface area (Å²) in [6.45, 7) is 7.34.